The highest BCUT2D eigenvalue weighted by molar-refractivity contribution is 5.32. The zero-order valence-electron chi connectivity index (χ0n) is 27.1. The van der Waals surface area contributed by atoms with E-state index in [4.69, 9.17) is 18.9 Å². The summed E-state index contributed by atoms with van der Waals surface area (Å²) in [5.41, 5.74) is 0.309. The van der Waals surface area contributed by atoms with Crippen LogP contribution in [0.2, 0.25) is 0 Å². The SMILES string of the molecule is CCC(C)(CCC(C)C(C)(C)OC(C)C)OCC(C)(C)CC(C)(C)C#Cc1ccc(OC2CC(OC)C2)cn1. The van der Waals surface area contributed by atoms with Crippen LogP contribution in [0.25, 0.3) is 0 Å². The first-order valence-electron chi connectivity index (χ1n) is 15.0. The van der Waals surface area contributed by atoms with Gasteiger partial charge < -0.3 is 18.9 Å². The summed E-state index contributed by atoms with van der Waals surface area (Å²) in [4.78, 5) is 4.51. The molecule has 0 saturated heterocycles. The molecule has 1 fully saturated rings. The number of methoxy groups -OCH3 is 1. The van der Waals surface area contributed by atoms with E-state index in [1.54, 1.807) is 13.3 Å². The van der Waals surface area contributed by atoms with Crippen LogP contribution in [-0.4, -0.2) is 48.2 Å². The molecule has 0 amide bonds. The van der Waals surface area contributed by atoms with E-state index in [9.17, 15) is 0 Å². The molecule has 0 spiro atoms. The number of ether oxygens (including phenoxy) is 4. The zero-order valence-corrected chi connectivity index (χ0v) is 27.1. The first-order valence-corrected chi connectivity index (χ1v) is 15.0. The van der Waals surface area contributed by atoms with E-state index in [2.05, 4.69) is 93.0 Å². The van der Waals surface area contributed by atoms with E-state index < -0.39 is 0 Å². The van der Waals surface area contributed by atoms with Gasteiger partial charge in [0.1, 0.15) is 17.5 Å². The first-order chi connectivity index (χ1) is 18.0. The van der Waals surface area contributed by atoms with Gasteiger partial charge in [-0.2, -0.15) is 0 Å². The van der Waals surface area contributed by atoms with Crippen LogP contribution < -0.4 is 4.74 Å². The van der Waals surface area contributed by atoms with Gasteiger partial charge in [0.05, 0.1) is 36.2 Å². The maximum atomic E-state index is 6.65. The summed E-state index contributed by atoms with van der Waals surface area (Å²) in [6.07, 6.45) is 8.45. The molecule has 1 heterocycles. The van der Waals surface area contributed by atoms with Crippen molar-refractivity contribution in [2.45, 2.75) is 144 Å². The molecule has 1 aliphatic carbocycles. The monoisotopic (exact) mass is 543 g/mol. The normalized spacial score (nSPS) is 20.5. The van der Waals surface area contributed by atoms with Crippen LogP contribution in [0.5, 0.6) is 5.75 Å². The van der Waals surface area contributed by atoms with Crippen LogP contribution in [0.15, 0.2) is 18.3 Å². The Hall–Kier alpha value is -1.61. The second-order valence-corrected chi connectivity index (χ2v) is 14.2. The highest BCUT2D eigenvalue weighted by Gasteiger charge is 2.34. The third-order valence-electron chi connectivity index (χ3n) is 8.27. The molecule has 0 aromatic carbocycles. The molecule has 1 aromatic heterocycles. The molecular weight excluding hydrogens is 486 g/mol. The van der Waals surface area contributed by atoms with E-state index in [0.29, 0.717) is 18.6 Å². The summed E-state index contributed by atoms with van der Waals surface area (Å²) in [5.74, 6) is 8.00. The Labute approximate surface area is 240 Å². The third-order valence-corrected chi connectivity index (χ3v) is 8.27. The van der Waals surface area contributed by atoms with Gasteiger partial charge in [0.15, 0.2) is 0 Å². The molecule has 0 N–H and O–H groups in total. The molecule has 2 rings (SSSR count). The molecule has 2 unspecified atom stereocenters. The summed E-state index contributed by atoms with van der Waals surface area (Å²) in [6.45, 7) is 25.1. The maximum Gasteiger partial charge on any atom is 0.138 e. The van der Waals surface area contributed by atoms with Gasteiger partial charge in [-0.05, 0) is 104 Å². The van der Waals surface area contributed by atoms with Crippen molar-refractivity contribution < 1.29 is 18.9 Å². The van der Waals surface area contributed by atoms with E-state index in [0.717, 1.165) is 50.0 Å². The average molecular weight is 544 g/mol. The lowest BCUT2D eigenvalue weighted by Crippen LogP contribution is -2.38. The van der Waals surface area contributed by atoms with Crippen LogP contribution in [-0.2, 0) is 14.2 Å². The Bertz CT molecular complexity index is 934. The Kier molecular flexibility index (Phi) is 11.9. The molecule has 0 radical (unpaired) electrons. The largest absolute Gasteiger partial charge is 0.489 e. The lowest BCUT2D eigenvalue weighted by Gasteiger charge is -2.39. The van der Waals surface area contributed by atoms with Crippen molar-refractivity contribution in [3.63, 3.8) is 0 Å². The van der Waals surface area contributed by atoms with Crippen molar-refractivity contribution >= 4 is 0 Å². The van der Waals surface area contributed by atoms with Gasteiger partial charge in [-0.15, -0.1) is 0 Å². The molecule has 2 atom stereocenters. The summed E-state index contributed by atoms with van der Waals surface area (Å²) >= 11 is 0. The van der Waals surface area contributed by atoms with Gasteiger partial charge in [0, 0.05) is 25.4 Å². The molecule has 222 valence electrons. The Morgan fingerprint density at radius 2 is 1.67 bits per heavy atom. The first kappa shape index (κ1) is 33.6. The van der Waals surface area contributed by atoms with Gasteiger partial charge in [-0.1, -0.05) is 33.6 Å². The van der Waals surface area contributed by atoms with Gasteiger partial charge >= 0.3 is 0 Å². The van der Waals surface area contributed by atoms with Crippen molar-refractivity contribution in [1.82, 2.24) is 4.98 Å². The quantitative estimate of drug-likeness (QED) is 0.209. The van der Waals surface area contributed by atoms with E-state index in [-0.39, 0.29) is 34.2 Å². The molecule has 39 heavy (non-hydrogen) atoms. The molecule has 5 heteroatoms. The van der Waals surface area contributed by atoms with Crippen LogP contribution in [0.1, 0.15) is 120 Å². The van der Waals surface area contributed by atoms with Crippen LogP contribution in [0.4, 0.5) is 0 Å². The predicted molar refractivity (Wildman–Crippen MR) is 161 cm³/mol. The van der Waals surface area contributed by atoms with Gasteiger partial charge in [-0.3, -0.25) is 0 Å². The summed E-state index contributed by atoms with van der Waals surface area (Å²) in [7, 11) is 1.75. The minimum Gasteiger partial charge on any atom is -0.489 e. The predicted octanol–water partition coefficient (Wildman–Crippen LogP) is 8.24. The standard InChI is InChI=1S/C34H57NO4/c1-13-34(11,19-16-26(4)33(9,10)39-25(2)3)37-24-32(7,8)23-31(5,6)18-17-27-14-15-28(22-35-27)38-30-20-29(21-30)36-12/h14-15,22,25-26,29-30H,13,16,19-21,23-24H2,1-12H3. The highest BCUT2D eigenvalue weighted by atomic mass is 16.5. The zero-order chi connectivity index (χ0) is 29.5. The fourth-order valence-corrected chi connectivity index (χ4v) is 5.36. The van der Waals surface area contributed by atoms with Crippen molar-refractivity contribution in [3.8, 4) is 17.6 Å². The molecule has 1 saturated carbocycles. The van der Waals surface area contributed by atoms with Crippen molar-refractivity contribution in [2.75, 3.05) is 13.7 Å². The molecular formula is C34H57NO4. The van der Waals surface area contributed by atoms with Gasteiger partial charge in [0.2, 0.25) is 0 Å². The van der Waals surface area contributed by atoms with Crippen LogP contribution >= 0.6 is 0 Å². The number of hydrogen-bond donors (Lipinski definition) is 0. The highest BCUT2D eigenvalue weighted by Crippen LogP contribution is 2.37. The number of aromatic nitrogens is 1. The minimum atomic E-state index is -0.167. The third kappa shape index (κ3) is 11.4. The lowest BCUT2D eigenvalue weighted by molar-refractivity contribution is -0.106. The summed E-state index contributed by atoms with van der Waals surface area (Å²) in [6, 6.07) is 3.91. The summed E-state index contributed by atoms with van der Waals surface area (Å²) in [5, 5.41) is 0. The number of nitrogens with zero attached hydrogens (tertiary/aromatic N) is 1. The fourth-order valence-electron chi connectivity index (χ4n) is 5.36. The molecule has 5 nitrogen and oxygen atoms in total. The number of rotatable bonds is 15. The topological polar surface area (TPSA) is 49.8 Å². The minimum absolute atomic E-state index is 0.00574. The van der Waals surface area contributed by atoms with Crippen LogP contribution in [0, 0.1) is 28.6 Å². The lowest BCUT2D eigenvalue weighted by atomic mass is 9.75. The second kappa shape index (κ2) is 13.8. The van der Waals surface area contributed by atoms with Crippen molar-refractivity contribution in [1.29, 1.82) is 0 Å². The van der Waals surface area contributed by atoms with Gasteiger partial charge in [0.25, 0.3) is 0 Å². The second-order valence-electron chi connectivity index (χ2n) is 14.2. The Balaban J connectivity index is 1.89. The molecule has 1 aliphatic rings. The Morgan fingerprint density at radius 1 is 1.00 bits per heavy atom. The number of hydrogen-bond acceptors (Lipinski definition) is 5. The average Bonchev–Trinajstić information content (AvgIpc) is 2.81. The molecule has 0 aliphatic heterocycles. The van der Waals surface area contributed by atoms with Crippen molar-refractivity contribution in [2.24, 2.45) is 16.7 Å². The fraction of sp³-hybridized carbons (Fsp3) is 0.794. The maximum absolute atomic E-state index is 6.65. The summed E-state index contributed by atoms with van der Waals surface area (Å²) < 4.78 is 24.1. The smallest absolute Gasteiger partial charge is 0.138 e. The molecule has 0 bridgehead atoms. The number of pyridine rings is 1. The van der Waals surface area contributed by atoms with E-state index >= 15 is 0 Å². The molecule has 1 aromatic rings. The van der Waals surface area contributed by atoms with E-state index in [1.165, 1.54) is 0 Å². The van der Waals surface area contributed by atoms with E-state index in [1.807, 2.05) is 12.1 Å². The van der Waals surface area contributed by atoms with Crippen LogP contribution in [0.3, 0.4) is 0 Å². The Morgan fingerprint density at radius 3 is 2.21 bits per heavy atom. The van der Waals surface area contributed by atoms with Gasteiger partial charge in [-0.25, -0.2) is 4.98 Å². The van der Waals surface area contributed by atoms with Crippen molar-refractivity contribution in [3.05, 3.63) is 24.0 Å².